The second kappa shape index (κ2) is 15.0. The minimum Gasteiger partial charge on any atom is -0.354 e. The van der Waals surface area contributed by atoms with Gasteiger partial charge in [-0.3, -0.25) is 13.9 Å². The predicted molar refractivity (Wildman–Crippen MR) is 176 cm³/mol. The molecule has 4 rings (SSSR count). The summed E-state index contributed by atoms with van der Waals surface area (Å²) in [4.78, 5) is 29.6. The van der Waals surface area contributed by atoms with Crippen molar-refractivity contribution in [1.82, 2.24) is 10.2 Å². The highest BCUT2D eigenvalue weighted by Crippen LogP contribution is 2.28. The maximum absolute atomic E-state index is 15.0. The zero-order valence-corrected chi connectivity index (χ0v) is 26.9. The predicted octanol–water partition coefficient (Wildman–Crippen LogP) is 6.05. The SMILES string of the molecule is Cc1ccc(S(=O)(=O)N(CC(=O)N(Cc2ccccc2F)[C@@H](Cc2ccccc2)C(=O)NCC(C)C)c2ccccc2C)cc1. The molecule has 0 aliphatic heterocycles. The van der Waals surface area contributed by atoms with E-state index in [1.54, 1.807) is 61.5 Å². The van der Waals surface area contributed by atoms with Gasteiger partial charge in [0.1, 0.15) is 18.4 Å². The summed E-state index contributed by atoms with van der Waals surface area (Å²) in [5.74, 6) is -1.42. The van der Waals surface area contributed by atoms with Gasteiger partial charge in [0.15, 0.2) is 0 Å². The number of halogens is 1. The van der Waals surface area contributed by atoms with Crippen molar-refractivity contribution in [2.75, 3.05) is 17.4 Å². The maximum atomic E-state index is 15.0. The summed E-state index contributed by atoms with van der Waals surface area (Å²) >= 11 is 0. The fourth-order valence-electron chi connectivity index (χ4n) is 4.98. The van der Waals surface area contributed by atoms with Crippen LogP contribution >= 0.6 is 0 Å². The van der Waals surface area contributed by atoms with Crippen LogP contribution in [0.25, 0.3) is 0 Å². The van der Waals surface area contributed by atoms with Crippen LogP contribution in [0.15, 0.2) is 108 Å². The van der Waals surface area contributed by atoms with Gasteiger partial charge in [-0.05, 0) is 55.2 Å². The van der Waals surface area contributed by atoms with Crippen molar-refractivity contribution in [3.8, 4) is 0 Å². The van der Waals surface area contributed by atoms with Crippen molar-refractivity contribution in [3.05, 3.63) is 131 Å². The summed E-state index contributed by atoms with van der Waals surface area (Å²) in [7, 11) is -4.22. The molecule has 7 nitrogen and oxygen atoms in total. The Balaban J connectivity index is 1.81. The molecule has 0 saturated carbocycles. The van der Waals surface area contributed by atoms with E-state index >= 15 is 4.39 Å². The van der Waals surface area contributed by atoms with Gasteiger partial charge < -0.3 is 10.2 Å². The second-order valence-corrected chi connectivity index (χ2v) is 13.4. The van der Waals surface area contributed by atoms with Gasteiger partial charge in [-0.2, -0.15) is 0 Å². The quantitative estimate of drug-likeness (QED) is 0.195. The highest BCUT2D eigenvalue weighted by molar-refractivity contribution is 7.92. The van der Waals surface area contributed by atoms with Crippen molar-refractivity contribution < 1.29 is 22.4 Å². The average Bonchev–Trinajstić information content (AvgIpc) is 3.02. The fraction of sp³-hybridized carbons (Fsp3) is 0.278. The Morgan fingerprint density at radius 1 is 0.822 bits per heavy atom. The number of nitrogens with zero attached hydrogens (tertiary/aromatic N) is 2. The molecule has 0 saturated heterocycles. The highest BCUT2D eigenvalue weighted by Gasteiger charge is 2.35. The smallest absolute Gasteiger partial charge is 0.264 e. The molecule has 0 unspecified atom stereocenters. The Bertz CT molecular complexity index is 1710. The van der Waals surface area contributed by atoms with Crippen LogP contribution in [0.4, 0.5) is 10.1 Å². The molecule has 0 radical (unpaired) electrons. The van der Waals surface area contributed by atoms with Gasteiger partial charge in [-0.15, -0.1) is 0 Å². The lowest BCUT2D eigenvalue weighted by atomic mass is 10.0. The third-order valence-corrected chi connectivity index (χ3v) is 9.30. The Labute approximate surface area is 265 Å². The number of rotatable bonds is 13. The summed E-state index contributed by atoms with van der Waals surface area (Å²) in [6.45, 7) is 7.10. The number of para-hydroxylation sites is 1. The first-order chi connectivity index (χ1) is 21.5. The number of hydrogen-bond donors (Lipinski definition) is 1. The van der Waals surface area contributed by atoms with E-state index < -0.39 is 40.2 Å². The molecular weight excluding hydrogens is 589 g/mol. The number of carbonyl (C=O) groups is 2. The molecule has 9 heteroatoms. The number of amides is 2. The molecule has 45 heavy (non-hydrogen) atoms. The van der Waals surface area contributed by atoms with E-state index in [1.807, 2.05) is 51.1 Å². The topological polar surface area (TPSA) is 86.8 Å². The molecule has 0 aliphatic carbocycles. The number of sulfonamides is 1. The standard InChI is InChI=1S/C36H40FN3O4S/c1-26(2)23-38-36(42)34(22-29-13-6-5-7-14-29)39(24-30-15-9-10-16-32(30)37)35(41)25-40(33-17-11-8-12-28(33)4)45(43,44)31-20-18-27(3)19-21-31/h5-21,26,34H,22-25H2,1-4H3,(H,38,42)/t34-/m0/s1. The number of hydrogen-bond acceptors (Lipinski definition) is 4. The van der Waals surface area contributed by atoms with E-state index in [1.165, 1.54) is 23.1 Å². The minimum atomic E-state index is -4.22. The zero-order chi connectivity index (χ0) is 32.6. The zero-order valence-electron chi connectivity index (χ0n) is 26.1. The lowest BCUT2D eigenvalue weighted by Crippen LogP contribution is -2.54. The van der Waals surface area contributed by atoms with Crippen molar-refractivity contribution >= 4 is 27.5 Å². The molecule has 4 aromatic rings. The largest absolute Gasteiger partial charge is 0.354 e. The molecule has 0 aromatic heterocycles. The summed E-state index contributed by atoms with van der Waals surface area (Å²) in [6, 6.07) is 27.6. The van der Waals surface area contributed by atoms with Gasteiger partial charge in [0.05, 0.1) is 10.6 Å². The van der Waals surface area contributed by atoms with Gasteiger partial charge >= 0.3 is 0 Å². The average molecular weight is 630 g/mol. The monoisotopic (exact) mass is 629 g/mol. The number of aryl methyl sites for hydroxylation is 2. The third-order valence-electron chi connectivity index (χ3n) is 7.53. The molecule has 1 N–H and O–H groups in total. The Kier molecular flexibility index (Phi) is 11.1. The molecule has 0 spiro atoms. The molecule has 2 amide bonds. The van der Waals surface area contributed by atoms with E-state index in [0.29, 0.717) is 17.8 Å². The number of carbonyl (C=O) groups excluding carboxylic acids is 2. The van der Waals surface area contributed by atoms with E-state index in [9.17, 15) is 18.0 Å². The first-order valence-corrected chi connectivity index (χ1v) is 16.4. The Morgan fingerprint density at radius 2 is 1.44 bits per heavy atom. The van der Waals surface area contributed by atoms with Crippen molar-refractivity contribution in [1.29, 1.82) is 0 Å². The number of anilines is 1. The molecule has 0 fully saturated rings. The van der Waals surface area contributed by atoms with Gasteiger partial charge in [0, 0.05) is 25.1 Å². The van der Waals surface area contributed by atoms with Gasteiger partial charge in [-0.1, -0.05) is 98.3 Å². The first-order valence-electron chi connectivity index (χ1n) is 15.0. The summed E-state index contributed by atoms with van der Waals surface area (Å²) < 4.78 is 44.4. The molecule has 236 valence electrons. The van der Waals surface area contributed by atoms with E-state index in [2.05, 4.69) is 5.32 Å². The maximum Gasteiger partial charge on any atom is 0.264 e. The Hall–Kier alpha value is -4.50. The summed E-state index contributed by atoms with van der Waals surface area (Å²) in [5.41, 5.74) is 2.89. The van der Waals surface area contributed by atoms with Crippen LogP contribution in [0.5, 0.6) is 0 Å². The van der Waals surface area contributed by atoms with Crippen LogP contribution in [-0.4, -0.2) is 44.3 Å². The fourth-order valence-corrected chi connectivity index (χ4v) is 6.46. The van der Waals surface area contributed by atoms with Gasteiger partial charge in [0.25, 0.3) is 10.0 Å². The minimum absolute atomic E-state index is 0.0281. The number of benzene rings is 4. The molecule has 0 heterocycles. The van der Waals surface area contributed by atoms with E-state index in [-0.39, 0.29) is 29.3 Å². The Morgan fingerprint density at radius 3 is 2.09 bits per heavy atom. The molecule has 1 atom stereocenters. The molecule has 0 bridgehead atoms. The second-order valence-electron chi connectivity index (χ2n) is 11.6. The van der Waals surface area contributed by atoms with Crippen LogP contribution in [-0.2, 0) is 32.6 Å². The molecule has 4 aromatic carbocycles. The first kappa shape index (κ1) is 33.4. The normalized spacial score (nSPS) is 12.0. The van der Waals surface area contributed by atoms with Crippen molar-refractivity contribution in [2.24, 2.45) is 5.92 Å². The van der Waals surface area contributed by atoms with Crippen LogP contribution in [0.1, 0.15) is 36.1 Å². The van der Waals surface area contributed by atoms with Gasteiger partial charge in [0.2, 0.25) is 11.8 Å². The summed E-state index contributed by atoms with van der Waals surface area (Å²) in [5, 5.41) is 2.94. The van der Waals surface area contributed by atoms with E-state index in [4.69, 9.17) is 0 Å². The van der Waals surface area contributed by atoms with Crippen molar-refractivity contribution in [3.63, 3.8) is 0 Å². The van der Waals surface area contributed by atoms with Crippen LogP contribution in [0.3, 0.4) is 0 Å². The lowest BCUT2D eigenvalue weighted by Gasteiger charge is -2.34. The number of nitrogens with one attached hydrogen (secondary N) is 1. The molecular formula is C36H40FN3O4S. The van der Waals surface area contributed by atoms with Crippen LogP contribution in [0.2, 0.25) is 0 Å². The molecule has 0 aliphatic rings. The lowest BCUT2D eigenvalue weighted by molar-refractivity contribution is -0.140. The summed E-state index contributed by atoms with van der Waals surface area (Å²) in [6.07, 6.45) is 0.153. The van der Waals surface area contributed by atoms with Gasteiger partial charge in [-0.25, -0.2) is 12.8 Å². The van der Waals surface area contributed by atoms with Crippen molar-refractivity contribution in [2.45, 2.75) is 51.6 Å². The van der Waals surface area contributed by atoms with E-state index in [0.717, 1.165) is 15.4 Å². The highest BCUT2D eigenvalue weighted by atomic mass is 32.2. The van der Waals surface area contributed by atoms with Crippen LogP contribution in [0, 0.1) is 25.6 Å². The third kappa shape index (κ3) is 8.57. The van der Waals surface area contributed by atoms with Crippen LogP contribution < -0.4 is 9.62 Å².